The maximum absolute atomic E-state index is 13.7. The minimum absolute atomic E-state index is 0.288. The molecule has 3 fully saturated rings. The van der Waals surface area contributed by atoms with Crippen LogP contribution in [0.3, 0.4) is 0 Å². The van der Waals surface area contributed by atoms with E-state index < -0.39 is 22.9 Å². The van der Waals surface area contributed by atoms with Crippen molar-refractivity contribution in [1.29, 1.82) is 0 Å². The summed E-state index contributed by atoms with van der Waals surface area (Å²) in [5.74, 6) is 1.57. The van der Waals surface area contributed by atoms with E-state index in [1.54, 1.807) is 16.4 Å². The Bertz CT molecular complexity index is 1120. The number of nitrogens with one attached hydrogen (secondary N) is 3. The normalized spacial score (nSPS) is 26.2. The van der Waals surface area contributed by atoms with Gasteiger partial charge in [0.1, 0.15) is 0 Å². The number of amides is 1. The van der Waals surface area contributed by atoms with Gasteiger partial charge in [0, 0.05) is 36.9 Å². The molecule has 5 rings (SSSR count). The Morgan fingerprint density at radius 1 is 1.10 bits per heavy atom. The highest BCUT2D eigenvalue weighted by Crippen LogP contribution is 2.50. The van der Waals surface area contributed by atoms with E-state index in [9.17, 15) is 19.0 Å². The predicted octanol–water partition coefficient (Wildman–Crippen LogP) is 4.86. The van der Waals surface area contributed by atoms with Gasteiger partial charge in [-0.05, 0) is 81.0 Å². The van der Waals surface area contributed by atoms with E-state index >= 15 is 0 Å². The molecule has 2 aromatic rings. The Balaban J connectivity index is 1.34. The van der Waals surface area contributed by atoms with Crippen molar-refractivity contribution >= 4 is 28.1 Å². The average Bonchev–Trinajstić information content (AvgIpc) is 3.55. The second-order valence-electron chi connectivity index (χ2n) is 11.5. The van der Waals surface area contributed by atoms with Crippen molar-refractivity contribution < 1.29 is 19.0 Å². The van der Waals surface area contributed by atoms with Gasteiger partial charge in [0.25, 0.3) is 5.91 Å². The van der Waals surface area contributed by atoms with Gasteiger partial charge < -0.3 is 21.1 Å². The lowest BCUT2D eigenvalue weighted by Crippen LogP contribution is -2.50. The lowest BCUT2D eigenvalue weighted by atomic mass is 9.94. The summed E-state index contributed by atoms with van der Waals surface area (Å²) in [6.07, 6.45) is 6.48. The average molecular weight is 557 g/mol. The molecule has 1 amide bonds. The quantitative estimate of drug-likeness (QED) is 0.234. The first kappa shape index (κ1) is 28.2. The lowest BCUT2D eigenvalue weighted by Gasteiger charge is -2.47. The maximum atomic E-state index is 13.7. The molecule has 1 saturated heterocycles. The molecule has 0 unspecified atom stereocenters. The van der Waals surface area contributed by atoms with E-state index in [-0.39, 0.29) is 5.91 Å². The zero-order valence-corrected chi connectivity index (χ0v) is 23.7. The van der Waals surface area contributed by atoms with Crippen LogP contribution in [0.2, 0.25) is 0 Å². The highest BCUT2D eigenvalue weighted by Gasteiger charge is 2.39. The molecule has 1 heterocycles. The number of benzene rings is 2. The molecule has 1 aliphatic heterocycles. The van der Waals surface area contributed by atoms with Crippen molar-refractivity contribution in [2.45, 2.75) is 70.1 Å². The van der Waals surface area contributed by atoms with E-state index in [0.29, 0.717) is 55.0 Å². The molecule has 0 radical (unpaired) electrons. The zero-order chi connectivity index (χ0) is 27.4. The van der Waals surface area contributed by atoms with Crippen LogP contribution in [0.1, 0.15) is 61.4 Å². The van der Waals surface area contributed by atoms with Crippen molar-refractivity contribution in [2.75, 3.05) is 35.0 Å². The summed E-state index contributed by atoms with van der Waals surface area (Å²) in [5.41, 5.74) is 2.84. The Hall–Kier alpha value is -2.30. The molecule has 39 heavy (non-hydrogen) atoms. The van der Waals surface area contributed by atoms with Crippen LogP contribution >= 0.6 is 10.8 Å². The fourth-order valence-corrected chi connectivity index (χ4v) is 8.29. The van der Waals surface area contributed by atoms with E-state index in [0.717, 1.165) is 30.0 Å². The van der Waals surface area contributed by atoms with Crippen LogP contribution in [-0.2, 0) is 6.42 Å². The molecule has 0 spiro atoms. The maximum Gasteiger partial charge on any atom is 0.251 e. The molecular formula is C30H44N4O4S. The molecule has 9 heteroatoms. The summed E-state index contributed by atoms with van der Waals surface area (Å²) < 4.78 is 23.1. The standard InChI is InChI=1S/C30H44N4O4S/c1-2-31-25-17-24(18-26(19-25)34-12-6-7-13-39(34,37)38)30(36)33-28(15-21-8-4-3-5-9-21)29(35)20-32-27-16-22-10-11-23(27)14-22/h3-5,8-9,17-19,22-23,27-29,31-32,35,37-38H,2,6-7,10-16,20H2,1H3,(H,33,36)/t22-,23-,27-,28-,29-/m0/s1. The van der Waals surface area contributed by atoms with Gasteiger partial charge >= 0.3 is 0 Å². The van der Waals surface area contributed by atoms with Crippen LogP contribution in [0.25, 0.3) is 0 Å². The van der Waals surface area contributed by atoms with Gasteiger partial charge in [-0.1, -0.05) is 36.8 Å². The number of aliphatic hydroxyl groups excluding tert-OH is 1. The smallest absolute Gasteiger partial charge is 0.251 e. The Morgan fingerprint density at radius 3 is 2.62 bits per heavy atom. The number of aliphatic hydroxyl groups is 1. The van der Waals surface area contributed by atoms with Crippen LogP contribution in [-0.4, -0.2) is 63.7 Å². The molecular weight excluding hydrogens is 512 g/mol. The summed E-state index contributed by atoms with van der Waals surface area (Å²) in [4.78, 5) is 13.7. The second kappa shape index (κ2) is 12.5. The summed E-state index contributed by atoms with van der Waals surface area (Å²) in [6.45, 7) is 3.62. The van der Waals surface area contributed by atoms with Crippen molar-refractivity contribution in [1.82, 2.24) is 10.6 Å². The number of anilines is 2. The third-order valence-electron chi connectivity index (χ3n) is 8.64. The van der Waals surface area contributed by atoms with E-state index in [1.165, 1.54) is 25.7 Å². The van der Waals surface area contributed by atoms with Crippen molar-refractivity contribution in [3.05, 3.63) is 59.7 Å². The van der Waals surface area contributed by atoms with Crippen LogP contribution < -0.4 is 20.3 Å². The van der Waals surface area contributed by atoms with Crippen molar-refractivity contribution in [2.24, 2.45) is 11.8 Å². The molecule has 0 aromatic heterocycles. The fourth-order valence-electron chi connectivity index (χ4n) is 6.61. The largest absolute Gasteiger partial charge is 0.390 e. The van der Waals surface area contributed by atoms with E-state index in [4.69, 9.17) is 0 Å². The van der Waals surface area contributed by atoms with Gasteiger partial charge in [-0.3, -0.25) is 18.2 Å². The number of carbonyl (C=O) groups is 1. The fraction of sp³-hybridized carbons (Fsp3) is 0.567. The summed E-state index contributed by atoms with van der Waals surface area (Å²) in [6, 6.07) is 15.3. The number of rotatable bonds is 11. The molecule has 2 saturated carbocycles. The number of nitrogens with zero attached hydrogens (tertiary/aromatic N) is 1. The lowest BCUT2D eigenvalue weighted by molar-refractivity contribution is 0.0819. The van der Waals surface area contributed by atoms with Gasteiger partial charge in [0.15, 0.2) is 0 Å². The van der Waals surface area contributed by atoms with Gasteiger partial charge in [-0.15, -0.1) is 10.8 Å². The van der Waals surface area contributed by atoms with Crippen LogP contribution in [0.4, 0.5) is 11.4 Å². The highest BCUT2D eigenvalue weighted by atomic mass is 32.3. The molecule has 214 valence electrons. The van der Waals surface area contributed by atoms with Crippen LogP contribution in [0.5, 0.6) is 0 Å². The monoisotopic (exact) mass is 556 g/mol. The molecule has 5 atom stereocenters. The minimum atomic E-state index is -2.92. The number of fused-ring (bicyclic) bond motifs is 2. The summed E-state index contributed by atoms with van der Waals surface area (Å²) >= 11 is 0. The zero-order valence-electron chi connectivity index (χ0n) is 22.9. The topological polar surface area (TPSA) is 117 Å². The number of hydrogen-bond donors (Lipinski definition) is 6. The molecule has 2 bridgehead atoms. The number of carbonyl (C=O) groups excluding carboxylic acids is 1. The molecule has 8 nitrogen and oxygen atoms in total. The third kappa shape index (κ3) is 6.89. The molecule has 2 aliphatic carbocycles. The van der Waals surface area contributed by atoms with Crippen molar-refractivity contribution in [3.8, 4) is 0 Å². The van der Waals surface area contributed by atoms with Gasteiger partial charge in [-0.25, -0.2) is 0 Å². The van der Waals surface area contributed by atoms with Gasteiger partial charge in [0.2, 0.25) is 0 Å². The second-order valence-corrected chi connectivity index (χ2v) is 13.6. The Kier molecular flexibility index (Phi) is 9.03. The Labute approximate surface area is 234 Å². The summed E-state index contributed by atoms with van der Waals surface area (Å²) in [5, 5.41) is 21.3. The van der Waals surface area contributed by atoms with Crippen LogP contribution in [0, 0.1) is 11.8 Å². The van der Waals surface area contributed by atoms with Gasteiger partial charge in [0.05, 0.1) is 23.6 Å². The van der Waals surface area contributed by atoms with Gasteiger partial charge in [-0.2, -0.15) is 0 Å². The Morgan fingerprint density at radius 2 is 1.92 bits per heavy atom. The predicted molar refractivity (Wildman–Crippen MR) is 160 cm³/mol. The van der Waals surface area contributed by atoms with Crippen LogP contribution in [0.15, 0.2) is 48.5 Å². The van der Waals surface area contributed by atoms with E-state index in [2.05, 4.69) is 16.0 Å². The minimum Gasteiger partial charge on any atom is -0.390 e. The third-order valence-corrected chi connectivity index (χ3v) is 10.6. The SMILES string of the molecule is CCNc1cc(C(=O)N[C@@H](Cc2ccccc2)[C@@H](O)CN[C@H]2C[C@H]3CC[C@H]2C3)cc(N2CCCCS2(O)O)c1. The van der Waals surface area contributed by atoms with E-state index in [1.807, 2.05) is 43.3 Å². The first-order valence-corrected chi connectivity index (χ1v) is 16.2. The molecule has 6 N–H and O–H groups in total. The first-order chi connectivity index (χ1) is 18.8. The molecule has 3 aliphatic rings. The highest BCUT2D eigenvalue weighted by molar-refractivity contribution is 8.25. The molecule has 2 aromatic carbocycles. The van der Waals surface area contributed by atoms with Crippen molar-refractivity contribution in [3.63, 3.8) is 0 Å². The summed E-state index contributed by atoms with van der Waals surface area (Å²) in [7, 11) is -2.92. The number of hydrogen-bond acceptors (Lipinski definition) is 7. The first-order valence-electron chi connectivity index (χ1n) is 14.5.